The predicted molar refractivity (Wildman–Crippen MR) is 71.7 cm³/mol. The first kappa shape index (κ1) is 13.2. The summed E-state index contributed by atoms with van der Waals surface area (Å²) in [6.45, 7) is 7.15. The zero-order valence-corrected chi connectivity index (χ0v) is 10.1. The molecular formula is C15H19NO. The second kappa shape index (κ2) is 7.44. The third-order valence-electron chi connectivity index (χ3n) is 2.62. The van der Waals surface area contributed by atoms with Gasteiger partial charge < -0.3 is 5.32 Å². The largest absolute Gasteiger partial charge is 0.346 e. The highest BCUT2D eigenvalue weighted by molar-refractivity contribution is 5.87. The van der Waals surface area contributed by atoms with Crippen molar-refractivity contribution in [2.45, 2.75) is 25.3 Å². The Morgan fingerprint density at radius 3 is 2.59 bits per heavy atom. The quantitative estimate of drug-likeness (QED) is 0.565. The van der Waals surface area contributed by atoms with E-state index in [2.05, 4.69) is 30.6 Å². The molecule has 2 heteroatoms. The fourth-order valence-electron chi connectivity index (χ4n) is 1.66. The number of amides is 1. The molecule has 1 rings (SSSR count). The molecule has 0 saturated heterocycles. The Hall–Kier alpha value is -1.83. The Morgan fingerprint density at radius 1 is 1.29 bits per heavy atom. The van der Waals surface area contributed by atoms with Crippen LogP contribution in [0.4, 0.5) is 0 Å². The molecule has 0 saturated carbocycles. The lowest BCUT2D eigenvalue weighted by atomic mass is 10.0. The van der Waals surface area contributed by atoms with Crippen LogP contribution in [0.5, 0.6) is 0 Å². The van der Waals surface area contributed by atoms with E-state index >= 15 is 0 Å². The molecule has 0 bridgehead atoms. The second-order valence-electron chi connectivity index (χ2n) is 3.93. The number of carbonyl (C=O) groups is 1. The summed E-state index contributed by atoms with van der Waals surface area (Å²) >= 11 is 0. The van der Waals surface area contributed by atoms with Crippen molar-refractivity contribution in [1.82, 2.24) is 5.32 Å². The molecule has 1 N–H and O–H groups in total. The first-order valence-corrected chi connectivity index (χ1v) is 5.85. The topological polar surface area (TPSA) is 29.1 Å². The molecule has 1 amide bonds. The van der Waals surface area contributed by atoms with Crippen molar-refractivity contribution >= 4 is 5.91 Å². The van der Waals surface area contributed by atoms with E-state index in [9.17, 15) is 4.79 Å². The Bertz CT molecular complexity index is 370. The van der Waals surface area contributed by atoms with Gasteiger partial charge in [0.2, 0.25) is 5.91 Å². The van der Waals surface area contributed by atoms with Crippen molar-refractivity contribution in [2.24, 2.45) is 0 Å². The van der Waals surface area contributed by atoms with Crippen molar-refractivity contribution in [1.29, 1.82) is 0 Å². The van der Waals surface area contributed by atoms with E-state index in [1.807, 2.05) is 18.2 Å². The minimum Gasteiger partial charge on any atom is -0.346 e. The highest BCUT2D eigenvalue weighted by atomic mass is 16.1. The number of aryl methyl sites for hydroxylation is 1. The third kappa shape index (κ3) is 5.16. The van der Waals surface area contributed by atoms with E-state index < -0.39 is 0 Å². The minimum absolute atomic E-state index is 0.0317. The molecule has 17 heavy (non-hydrogen) atoms. The van der Waals surface area contributed by atoms with Crippen LogP contribution < -0.4 is 5.32 Å². The average Bonchev–Trinajstić information content (AvgIpc) is 2.38. The Morgan fingerprint density at radius 2 is 2.00 bits per heavy atom. The van der Waals surface area contributed by atoms with Gasteiger partial charge in [-0.15, -0.1) is 6.58 Å². The second-order valence-corrected chi connectivity index (χ2v) is 3.93. The molecule has 0 aliphatic carbocycles. The molecule has 1 atom stereocenters. The molecule has 0 aliphatic rings. The van der Waals surface area contributed by atoms with Crippen LogP contribution in [0.1, 0.15) is 18.4 Å². The number of hydrogen-bond donors (Lipinski definition) is 1. The summed E-state index contributed by atoms with van der Waals surface area (Å²) in [5.41, 5.74) is 1.32. The Kier molecular flexibility index (Phi) is 5.80. The highest BCUT2D eigenvalue weighted by Crippen LogP contribution is 2.07. The lowest BCUT2D eigenvalue weighted by Gasteiger charge is -2.13. The lowest BCUT2D eigenvalue weighted by molar-refractivity contribution is -0.116. The standard InChI is InChI=1S/C15H19NO/c1-3-14(16-15(17)4-2)12-8-11-13-9-6-5-7-10-13/h3-7,9-10,14H,1-2,8,11-12H2,(H,16,17)/t14-/m0/s1. The van der Waals surface area contributed by atoms with Crippen LogP contribution in [0, 0.1) is 0 Å². The summed E-state index contributed by atoms with van der Waals surface area (Å²) in [6.07, 6.45) is 6.01. The summed E-state index contributed by atoms with van der Waals surface area (Å²) in [5, 5.41) is 2.83. The number of benzene rings is 1. The molecule has 1 aromatic rings. The first-order chi connectivity index (χ1) is 8.26. The van der Waals surface area contributed by atoms with Crippen molar-refractivity contribution in [2.75, 3.05) is 0 Å². The van der Waals surface area contributed by atoms with E-state index in [1.165, 1.54) is 11.6 Å². The molecule has 1 aromatic carbocycles. The monoisotopic (exact) mass is 229 g/mol. The van der Waals surface area contributed by atoms with Gasteiger partial charge in [0.25, 0.3) is 0 Å². The van der Waals surface area contributed by atoms with Crippen LogP contribution >= 0.6 is 0 Å². The Labute approximate surface area is 103 Å². The number of hydrogen-bond acceptors (Lipinski definition) is 1. The molecule has 0 aliphatic heterocycles. The molecule has 0 radical (unpaired) electrons. The lowest BCUT2D eigenvalue weighted by Crippen LogP contribution is -2.31. The molecule has 0 spiro atoms. The highest BCUT2D eigenvalue weighted by Gasteiger charge is 2.05. The van der Waals surface area contributed by atoms with Crippen molar-refractivity contribution in [3.05, 3.63) is 61.2 Å². The van der Waals surface area contributed by atoms with Crippen molar-refractivity contribution < 1.29 is 4.79 Å². The first-order valence-electron chi connectivity index (χ1n) is 5.85. The van der Waals surface area contributed by atoms with E-state index in [4.69, 9.17) is 0 Å². The molecule has 90 valence electrons. The average molecular weight is 229 g/mol. The van der Waals surface area contributed by atoms with Gasteiger partial charge in [0, 0.05) is 6.04 Å². The van der Waals surface area contributed by atoms with Gasteiger partial charge in [-0.05, 0) is 30.9 Å². The van der Waals surface area contributed by atoms with Gasteiger partial charge in [-0.1, -0.05) is 43.0 Å². The van der Waals surface area contributed by atoms with Gasteiger partial charge in [0.05, 0.1) is 0 Å². The van der Waals surface area contributed by atoms with Crippen LogP contribution in [0.15, 0.2) is 55.6 Å². The van der Waals surface area contributed by atoms with Gasteiger partial charge in [-0.2, -0.15) is 0 Å². The number of rotatable bonds is 7. The normalized spacial score (nSPS) is 11.5. The maximum Gasteiger partial charge on any atom is 0.243 e. The van der Waals surface area contributed by atoms with Gasteiger partial charge in [0.15, 0.2) is 0 Å². The van der Waals surface area contributed by atoms with Crippen LogP contribution in [0.2, 0.25) is 0 Å². The van der Waals surface area contributed by atoms with Crippen LogP contribution in [0.3, 0.4) is 0 Å². The van der Waals surface area contributed by atoms with Crippen LogP contribution in [-0.4, -0.2) is 11.9 Å². The van der Waals surface area contributed by atoms with E-state index in [-0.39, 0.29) is 11.9 Å². The molecule has 0 aromatic heterocycles. The fraction of sp³-hybridized carbons (Fsp3) is 0.267. The van der Waals surface area contributed by atoms with E-state index in [0.717, 1.165) is 19.3 Å². The maximum atomic E-state index is 11.1. The number of nitrogens with one attached hydrogen (secondary N) is 1. The van der Waals surface area contributed by atoms with Gasteiger partial charge >= 0.3 is 0 Å². The molecule has 0 fully saturated rings. The number of carbonyl (C=O) groups excluding carboxylic acids is 1. The SMILES string of the molecule is C=CC(=O)N[C@@H](C=C)CCCc1ccccc1. The van der Waals surface area contributed by atoms with Crippen molar-refractivity contribution in [3.63, 3.8) is 0 Å². The summed E-state index contributed by atoms with van der Waals surface area (Å²) in [4.78, 5) is 11.1. The zero-order valence-electron chi connectivity index (χ0n) is 10.1. The van der Waals surface area contributed by atoms with Crippen LogP contribution in [-0.2, 0) is 11.2 Å². The molecule has 2 nitrogen and oxygen atoms in total. The predicted octanol–water partition coefficient (Wildman–Crippen LogP) is 2.87. The van der Waals surface area contributed by atoms with Crippen molar-refractivity contribution in [3.8, 4) is 0 Å². The van der Waals surface area contributed by atoms with E-state index in [1.54, 1.807) is 6.08 Å². The molecule has 0 heterocycles. The smallest absolute Gasteiger partial charge is 0.243 e. The van der Waals surface area contributed by atoms with E-state index in [0.29, 0.717) is 0 Å². The molecule has 0 unspecified atom stereocenters. The summed E-state index contributed by atoms with van der Waals surface area (Å²) in [7, 11) is 0. The van der Waals surface area contributed by atoms with Gasteiger partial charge in [-0.3, -0.25) is 4.79 Å². The maximum absolute atomic E-state index is 11.1. The zero-order chi connectivity index (χ0) is 12.5. The molecular weight excluding hydrogens is 210 g/mol. The van der Waals surface area contributed by atoms with Crippen LogP contribution in [0.25, 0.3) is 0 Å². The van der Waals surface area contributed by atoms with Gasteiger partial charge in [0.1, 0.15) is 0 Å². The summed E-state index contributed by atoms with van der Waals surface area (Å²) < 4.78 is 0. The summed E-state index contributed by atoms with van der Waals surface area (Å²) in [6, 6.07) is 10.4. The minimum atomic E-state index is -0.144. The Balaban J connectivity index is 2.31. The third-order valence-corrected chi connectivity index (χ3v) is 2.62. The fourth-order valence-corrected chi connectivity index (χ4v) is 1.66. The summed E-state index contributed by atoms with van der Waals surface area (Å²) in [5.74, 6) is -0.144. The van der Waals surface area contributed by atoms with Gasteiger partial charge in [-0.25, -0.2) is 0 Å².